The molecule has 0 spiro atoms. The van der Waals surface area contributed by atoms with Crippen molar-refractivity contribution in [1.82, 2.24) is 10.2 Å². The van der Waals surface area contributed by atoms with Gasteiger partial charge >= 0.3 is 0 Å². The lowest BCUT2D eigenvalue weighted by atomic mass is 10.4. The van der Waals surface area contributed by atoms with Crippen molar-refractivity contribution in [3.8, 4) is 0 Å². The molecule has 1 heterocycles. The summed E-state index contributed by atoms with van der Waals surface area (Å²) < 4.78 is 0. The van der Waals surface area contributed by atoms with Crippen LogP contribution in [-0.2, 0) is 0 Å². The smallest absolute Gasteiger partial charge is 0.267 e. The highest BCUT2D eigenvalue weighted by atomic mass is 32.2. The molecular formula is C16H12N2O2S2. The van der Waals surface area contributed by atoms with E-state index in [1.165, 1.54) is 23.5 Å². The number of benzene rings is 2. The van der Waals surface area contributed by atoms with Crippen molar-refractivity contribution in [3.05, 3.63) is 81.4 Å². The Labute approximate surface area is 135 Å². The van der Waals surface area contributed by atoms with Crippen LogP contribution in [-0.4, -0.2) is 10.2 Å². The lowest BCUT2D eigenvalue weighted by Gasteiger charge is -2.06. The van der Waals surface area contributed by atoms with Gasteiger partial charge in [0.05, 0.1) is 9.79 Å². The standard InChI is InChI=1S/C16H12N2O2S2/c19-15-13(21-11-7-3-1-4-8-11)14(16(20)18-17-15)22-12-9-5-2-6-10-12/h1-10H,(H,17,19)(H,18,20). The lowest BCUT2D eigenvalue weighted by Crippen LogP contribution is -2.22. The molecule has 110 valence electrons. The molecule has 6 heteroatoms. The molecule has 0 saturated heterocycles. The number of hydrogen-bond acceptors (Lipinski definition) is 4. The number of H-pyrrole nitrogens is 2. The van der Waals surface area contributed by atoms with Gasteiger partial charge in [-0.3, -0.25) is 19.8 Å². The quantitative estimate of drug-likeness (QED) is 0.771. The normalized spacial score (nSPS) is 10.5. The van der Waals surface area contributed by atoms with Crippen molar-refractivity contribution in [2.24, 2.45) is 0 Å². The number of hydrogen-bond donors (Lipinski definition) is 2. The molecule has 22 heavy (non-hydrogen) atoms. The molecule has 0 fully saturated rings. The number of aromatic amines is 2. The Hall–Kier alpha value is -2.18. The van der Waals surface area contributed by atoms with Gasteiger partial charge in [0.15, 0.2) is 0 Å². The van der Waals surface area contributed by atoms with E-state index in [0.717, 1.165) is 9.79 Å². The summed E-state index contributed by atoms with van der Waals surface area (Å²) in [5, 5.41) is 4.77. The summed E-state index contributed by atoms with van der Waals surface area (Å²) in [6.07, 6.45) is 0. The van der Waals surface area contributed by atoms with Crippen LogP contribution in [0.3, 0.4) is 0 Å². The van der Waals surface area contributed by atoms with E-state index in [4.69, 9.17) is 0 Å². The van der Waals surface area contributed by atoms with E-state index < -0.39 is 0 Å². The fourth-order valence-corrected chi connectivity index (χ4v) is 3.80. The first-order valence-electron chi connectivity index (χ1n) is 6.55. The highest BCUT2D eigenvalue weighted by Gasteiger charge is 2.14. The van der Waals surface area contributed by atoms with Crippen LogP contribution in [0.2, 0.25) is 0 Å². The first-order chi connectivity index (χ1) is 10.7. The zero-order valence-electron chi connectivity index (χ0n) is 11.4. The Morgan fingerprint density at radius 2 is 0.955 bits per heavy atom. The summed E-state index contributed by atoms with van der Waals surface area (Å²) in [6.45, 7) is 0. The van der Waals surface area contributed by atoms with Crippen LogP contribution in [0, 0.1) is 0 Å². The SMILES string of the molecule is O=c1[nH][nH]c(=O)c(Sc2ccccc2)c1Sc1ccccc1. The summed E-state index contributed by atoms with van der Waals surface area (Å²) in [7, 11) is 0. The lowest BCUT2D eigenvalue weighted by molar-refractivity contribution is 0.857. The Bertz CT molecular complexity index is 799. The van der Waals surface area contributed by atoms with E-state index in [1.807, 2.05) is 60.7 Å². The first-order valence-corrected chi connectivity index (χ1v) is 8.18. The summed E-state index contributed by atoms with van der Waals surface area (Å²) in [6, 6.07) is 19.0. The molecule has 0 saturated carbocycles. The first kappa shape index (κ1) is 14.7. The van der Waals surface area contributed by atoms with E-state index >= 15 is 0 Å². The van der Waals surface area contributed by atoms with Crippen molar-refractivity contribution in [2.75, 3.05) is 0 Å². The molecule has 4 nitrogen and oxygen atoms in total. The van der Waals surface area contributed by atoms with E-state index in [-0.39, 0.29) is 11.1 Å². The van der Waals surface area contributed by atoms with Crippen LogP contribution < -0.4 is 11.1 Å². The molecule has 2 aromatic carbocycles. The molecule has 0 aliphatic rings. The molecule has 3 aromatic rings. The van der Waals surface area contributed by atoms with Gasteiger partial charge in [-0.2, -0.15) is 0 Å². The van der Waals surface area contributed by atoms with Gasteiger partial charge in [0, 0.05) is 9.79 Å². The zero-order valence-corrected chi connectivity index (χ0v) is 13.0. The average molecular weight is 328 g/mol. The van der Waals surface area contributed by atoms with Crippen molar-refractivity contribution in [2.45, 2.75) is 19.6 Å². The highest BCUT2D eigenvalue weighted by molar-refractivity contribution is 8.02. The molecule has 0 aliphatic carbocycles. The van der Waals surface area contributed by atoms with Gasteiger partial charge in [-0.15, -0.1) is 0 Å². The second-order valence-electron chi connectivity index (χ2n) is 4.40. The molecule has 0 aliphatic heterocycles. The molecule has 0 amide bonds. The Balaban J connectivity index is 2.03. The van der Waals surface area contributed by atoms with Crippen molar-refractivity contribution in [1.29, 1.82) is 0 Å². The largest absolute Gasteiger partial charge is 0.277 e. The third-order valence-electron chi connectivity index (χ3n) is 2.83. The fraction of sp³-hybridized carbons (Fsp3) is 0. The second kappa shape index (κ2) is 6.72. The second-order valence-corrected chi connectivity index (χ2v) is 6.56. The van der Waals surface area contributed by atoms with E-state index in [0.29, 0.717) is 9.79 Å². The van der Waals surface area contributed by atoms with E-state index in [1.54, 1.807) is 0 Å². The van der Waals surface area contributed by atoms with Gasteiger partial charge < -0.3 is 0 Å². The van der Waals surface area contributed by atoms with Gasteiger partial charge in [0.1, 0.15) is 0 Å². The summed E-state index contributed by atoms with van der Waals surface area (Å²) >= 11 is 2.58. The molecule has 2 N–H and O–H groups in total. The molecule has 0 atom stereocenters. The van der Waals surface area contributed by atoms with Gasteiger partial charge in [-0.25, -0.2) is 0 Å². The minimum absolute atomic E-state index is 0.299. The molecule has 0 unspecified atom stereocenters. The van der Waals surface area contributed by atoms with Crippen molar-refractivity contribution >= 4 is 23.5 Å². The minimum Gasteiger partial charge on any atom is -0.267 e. The predicted molar refractivity (Wildman–Crippen MR) is 88.8 cm³/mol. The van der Waals surface area contributed by atoms with Crippen LogP contribution >= 0.6 is 23.5 Å². The molecule has 1 aromatic heterocycles. The van der Waals surface area contributed by atoms with Gasteiger partial charge in [-0.05, 0) is 24.3 Å². The monoisotopic (exact) mass is 328 g/mol. The van der Waals surface area contributed by atoms with Crippen molar-refractivity contribution in [3.63, 3.8) is 0 Å². The molecular weight excluding hydrogens is 316 g/mol. The third kappa shape index (κ3) is 3.35. The maximum absolute atomic E-state index is 12.1. The molecule has 0 radical (unpaired) electrons. The maximum atomic E-state index is 12.1. The van der Waals surface area contributed by atoms with Gasteiger partial charge in [0.25, 0.3) is 11.1 Å². The van der Waals surface area contributed by atoms with Crippen LogP contribution in [0.5, 0.6) is 0 Å². The summed E-state index contributed by atoms with van der Waals surface area (Å²) in [5.74, 6) is 0. The molecule has 0 bridgehead atoms. The third-order valence-corrected chi connectivity index (χ3v) is 5.17. The Kier molecular flexibility index (Phi) is 4.50. The zero-order chi connectivity index (χ0) is 15.4. The van der Waals surface area contributed by atoms with Gasteiger partial charge in [0.2, 0.25) is 0 Å². The highest BCUT2D eigenvalue weighted by Crippen LogP contribution is 2.34. The Morgan fingerprint density at radius 1 is 0.591 bits per heavy atom. The minimum atomic E-state index is -0.299. The average Bonchev–Trinajstić information content (AvgIpc) is 2.56. The number of nitrogens with one attached hydrogen (secondary N) is 2. The summed E-state index contributed by atoms with van der Waals surface area (Å²) in [5.41, 5.74) is -0.598. The van der Waals surface area contributed by atoms with Crippen molar-refractivity contribution < 1.29 is 0 Å². The van der Waals surface area contributed by atoms with E-state index in [9.17, 15) is 9.59 Å². The van der Waals surface area contributed by atoms with Gasteiger partial charge in [-0.1, -0.05) is 59.9 Å². The van der Waals surface area contributed by atoms with Crippen LogP contribution in [0.25, 0.3) is 0 Å². The predicted octanol–water partition coefficient (Wildman–Crippen LogP) is 3.37. The fourth-order valence-electron chi connectivity index (χ4n) is 1.83. The number of aromatic nitrogens is 2. The van der Waals surface area contributed by atoms with Crippen LogP contribution in [0.4, 0.5) is 0 Å². The maximum Gasteiger partial charge on any atom is 0.277 e. The topological polar surface area (TPSA) is 65.7 Å². The van der Waals surface area contributed by atoms with Crippen LogP contribution in [0.1, 0.15) is 0 Å². The molecule has 3 rings (SSSR count). The van der Waals surface area contributed by atoms with E-state index in [2.05, 4.69) is 10.2 Å². The number of rotatable bonds is 4. The Morgan fingerprint density at radius 3 is 1.32 bits per heavy atom. The summed E-state index contributed by atoms with van der Waals surface area (Å²) in [4.78, 5) is 26.9. The van der Waals surface area contributed by atoms with Crippen LogP contribution in [0.15, 0.2) is 89.8 Å².